The van der Waals surface area contributed by atoms with Crippen LogP contribution in [-0.2, 0) is 24.3 Å². The summed E-state index contributed by atoms with van der Waals surface area (Å²) in [5.41, 5.74) is 0.294. The van der Waals surface area contributed by atoms with Crippen LogP contribution in [-0.4, -0.2) is 31.8 Å². The molecule has 1 N–H and O–H groups in total. The first-order valence-electron chi connectivity index (χ1n) is 4.64. The van der Waals surface area contributed by atoms with Crippen molar-refractivity contribution < 1.29 is 29.1 Å². The van der Waals surface area contributed by atoms with Gasteiger partial charge in [-0.1, -0.05) is 6.58 Å². The Hall–Kier alpha value is -1.60. The number of hydrogen-bond acceptors (Lipinski definition) is 6. The highest BCUT2D eigenvalue weighted by Gasteiger charge is 2.05. The molecule has 0 saturated carbocycles. The average molecular weight is 233 g/mol. The maximum Gasteiger partial charge on any atom is 0.442 e. The largest absolute Gasteiger partial charge is 0.460 e. The molecule has 0 fully saturated rings. The lowest BCUT2D eigenvalue weighted by molar-refractivity contribution is -0.479. The summed E-state index contributed by atoms with van der Waals surface area (Å²) in [5, 5.41) is 6.29. The number of rotatable bonds is 7. The van der Waals surface area contributed by atoms with Crippen molar-refractivity contribution in [1.29, 1.82) is 0 Å². The van der Waals surface area contributed by atoms with Crippen molar-refractivity contribution in [2.45, 2.75) is 13.8 Å². The Morgan fingerprint density at radius 1 is 1.38 bits per heavy atom. The first kappa shape index (κ1) is 14.4. The lowest BCUT2D eigenvalue weighted by atomic mass is 10.4. The van der Waals surface area contributed by atoms with E-state index in [9.17, 15) is 9.59 Å². The number of esters is 1. The normalized spacial score (nSPS) is 9.38. The van der Waals surface area contributed by atoms with E-state index in [1.165, 1.54) is 6.92 Å². The highest BCUT2D eigenvalue weighted by Crippen LogP contribution is 1.90. The van der Waals surface area contributed by atoms with Crippen LogP contribution >= 0.6 is 0 Å². The van der Waals surface area contributed by atoms with Crippen LogP contribution in [0.15, 0.2) is 12.2 Å². The summed E-state index contributed by atoms with van der Waals surface area (Å²) in [4.78, 5) is 30.1. The SMILES string of the molecule is C=C(C)C(=O)OCCNC(=O)OOOCC. The molecule has 0 rings (SSSR count). The van der Waals surface area contributed by atoms with Gasteiger partial charge in [0.25, 0.3) is 0 Å². The van der Waals surface area contributed by atoms with E-state index in [4.69, 9.17) is 4.74 Å². The van der Waals surface area contributed by atoms with E-state index in [0.717, 1.165) is 0 Å². The molecule has 0 unspecified atom stereocenters. The van der Waals surface area contributed by atoms with E-state index in [0.29, 0.717) is 5.57 Å². The van der Waals surface area contributed by atoms with Crippen molar-refractivity contribution in [2.75, 3.05) is 19.8 Å². The van der Waals surface area contributed by atoms with Crippen LogP contribution in [0.3, 0.4) is 0 Å². The highest BCUT2D eigenvalue weighted by atomic mass is 17.5. The molecular weight excluding hydrogens is 218 g/mol. The monoisotopic (exact) mass is 233 g/mol. The van der Waals surface area contributed by atoms with Gasteiger partial charge in [0.05, 0.1) is 13.2 Å². The van der Waals surface area contributed by atoms with Crippen molar-refractivity contribution in [3.63, 3.8) is 0 Å². The molecule has 0 aromatic rings. The second-order valence-electron chi connectivity index (χ2n) is 2.69. The minimum atomic E-state index is -0.833. The number of ether oxygens (including phenoxy) is 1. The molecule has 0 heterocycles. The molecule has 1 amide bonds. The van der Waals surface area contributed by atoms with Gasteiger partial charge in [-0.15, -0.1) is 0 Å². The van der Waals surface area contributed by atoms with Gasteiger partial charge in [0.15, 0.2) is 0 Å². The maximum atomic E-state index is 10.9. The van der Waals surface area contributed by atoms with Crippen LogP contribution < -0.4 is 5.32 Å². The third-order valence-corrected chi connectivity index (χ3v) is 1.23. The van der Waals surface area contributed by atoms with Gasteiger partial charge in [-0.3, -0.25) is 0 Å². The molecule has 0 atom stereocenters. The fourth-order valence-electron chi connectivity index (χ4n) is 0.553. The van der Waals surface area contributed by atoms with E-state index in [2.05, 4.69) is 26.7 Å². The fraction of sp³-hybridized carbons (Fsp3) is 0.556. The van der Waals surface area contributed by atoms with Gasteiger partial charge in [0.2, 0.25) is 0 Å². The quantitative estimate of drug-likeness (QED) is 0.229. The lowest BCUT2D eigenvalue weighted by Gasteiger charge is -2.05. The molecule has 0 aliphatic rings. The molecule has 16 heavy (non-hydrogen) atoms. The molecule has 0 bridgehead atoms. The van der Waals surface area contributed by atoms with Crippen LogP contribution in [0.5, 0.6) is 0 Å². The topological polar surface area (TPSA) is 83.1 Å². The predicted molar refractivity (Wildman–Crippen MR) is 53.0 cm³/mol. The molecule has 0 aromatic heterocycles. The Labute approximate surface area is 93.2 Å². The van der Waals surface area contributed by atoms with Crippen LogP contribution in [0.2, 0.25) is 0 Å². The Morgan fingerprint density at radius 2 is 2.06 bits per heavy atom. The van der Waals surface area contributed by atoms with E-state index in [1.54, 1.807) is 6.92 Å². The number of carbonyl (C=O) groups excluding carboxylic acids is 2. The summed E-state index contributed by atoms with van der Waals surface area (Å²) in [5.74, 6) is -0.513. The molecule has 7 nitrogen and oxygen atoms in total. The maximum absolute atomic E-state index is 10.9. The highest BCUT2D eigenvalue weighted by molar-refractivity contribution is 5.86. The summed E-state index contributed by atoms with van der Waals surface area (Å²) in [7, 11) is 0. The molecule has 7 heteroatoms. The van der Waals surface area contributed by atoms with E-state index in [-0.39, 0.29) is 19.8 Å². The van der Waals surface area contributed by atoms with Crippen molar-refractivity contribution in [2.24, 2.45) is 0 Å². The van der Waals surface area contributed by atoms with Crippen molar-refractivity contribution in [3.05, 3.63) is 12.2 Å². The second kappa shape index (κ2) is 8.69. The van der Waals surface area contributed by atoms with Gasteiger partial charge in [0.1, 0.15) is 6.61 Å². The molecule has 0 spiro atoms. The van der Waals surface area contributed by atoms with Crippen molar-refractivity contribution >= 4 is 12.1 Å². The number of nitrogens with one attached hydrogen (secondary N) is 1. The first-order chi connectivity index (χ1) is 7.57. The molecule has 0 aliphatic heterocycles. The third-order valence-electron chi connectivity index (χ3n) is 1.23. The van der Waals surface area contributed by atoms with Gasteiger partial charge < -0.3 is 10.1 Å². The van der Waals surface area contributed by atoms with Crippen LogP contribution in [0, 0.1) is 0 Å². The third kappa shape index (κ3) is 7.77. The Balaban J connectivity index is 3.41. The molecule has 0 aliphatic carbocycles. The molecule has 0 saturated heterocycles. The minimum absolute atomic E-state index is 0.0232. The predicted octanol–water partition coefficient (Wildman–Crippen LogP) is 0.715. The Kier molecular flexibility index (Phi) is 7.82. The van der Waals surface area contributed by atoms with E-state index < -0.39 is 12.1 Å². The molecule has 92 valence electrons. The zero-order valence-corrected chi connectivity index (χ0v) is 9.28. The van der Waals surface area contributed by atoms with Gasteiger partial charge in [0, 0.05) is 5.57 Å². The van der Waals surface area contributed by atoms with Crippen LogP contribution in [0.25, 0.3) is 0 Å². The number of hydrogen-bond donors (Lipinski definition) is 1. The smallest absolute Gasteiger partial charge is 0.442 e. The fourth-order valence-corrected chi connectivity index (χ4v) is 0.553. The zero-order chi connectivity index (χ0) is 12.4. The molecular formula is C9H15NO6. The van der Waals surface area contributed by atoms with Crippen LogP contribution in [0.4, 0.5) is 4.79 Å². The van der Waals surface area contributed by atoms with E-state index in [1.807, 2.05) is 0 Å². The summed E-state index contributed by atoms with van der Waals surface area (Å²) in [6.07, 6.45) is -0.833. The lowest BCUT2D eigenvalue weighted by Crippen LogP contribution is -2.28. The summed E-state index contributed by atoms with van der Waals surface area (Å²) >= 11 is 0. The summed E-state index contributed by atoms with van der Waals surface area (Å²) < 4.78 is 4.70. The summed E-state index contributed by atoms with van der Waals surface area (Å²) in [6, 6.07) is 0. The minimum Gasteiger partial charge on any atom is -0.460 e. The number of carbonyl (C=O) groups is 2. The Morgan fingerprint density at radius 3 is 2.62 bits per heavy atom. The van der Waals surface area contributed by atoms with Gasteiger partial charge in [-0.2, -0.15) is 4.89 Å². The average Bonchev–Trinajstić information content (AvgIpc) is 2.24. The van der Waals surface area contributed by atoms with Crippen LogP contribution in [0.1, 0.15) is 13.8 Å². The van der Waals surface area contributed by atoms with Gasteiger partial charge >= 0.3 is 12.1 Å². The van der Waals surface area contributed by atoms with Crippen molar-refractivity contribution in [3.8, 4) is 0 Å². The van der Waals surface area contributed by atoms with Gasteiger partial charge in [-0.25, -0.2) is 14.5 Å². The second-order valence-corrected chi connectivity index (χ2v) is 2.69. The van der Waals surface area contributed by atoms with Crippen molar-refractivity contribution in [1.82, 2.24) is 5.32 Å². The number of amides is 1. The standard InChI is InChI=1S/C9H15NO6/c1-4-14-16-15-9(12)10-5-6-13-8(11)7(2)3/h2,4-6H2,1,3H3,(H,10,12). The molecule has 0 aromatic carbocycles. The van der Waals surface area contributed by atoms with Gasteiger partial charge in [-0.05, 0) is 18.9 Å². The van der Waals surface area contributed by atoms with E-state index >= 15 is 0 Å². The molecule has 0 radical (unpaired) electrons. The first-order valence-corrected chi connectivity index (χ1v) is 4.64. The summed E-state index contributed by atoms with van der Waals surface area (Å²) in [6.45, 7) is 6.97. The Bertz CT molecular complexity index is 252. The zero-order valence-electron chi connectivity index (χ0n) is 9.28.